The maximum absolute atomic E-state index is 6.04. The summed E-state index contributed by atoms with van der Waals surface area (Å²) in [4.78, 5) is 0. The molecular weight excluding hydrogens is 230 g/mol. The molecule has 15 heavy (non-hydrogen) atoms. The highest BCUT2D eigenvalue weighted by atomic mass is 35.5. The summed E-state index contributed by atoms with van der Waals surface area (Å²) in [5.41, 5.74) is 6.20. The van der Waals surface area contributed by atoms with Gasteiger partial charge in [0.1, 0.15) is 5.76 Å². The fourth-order valence-electron chi connectivity index (χ4n) is 0.966. The van der Waals surface area contributed by atoms with Gasteiger partial charge in [0.05, 0.1) is 5.75 Å². The summed E-state index contributed by atoms with van der Waals surface area (Å²) in [6.07, 6.45) is 0. The molecule has 0 bridgehead atoms. The quantitative estimate of drug-likeness (QED) is 0.885. The van der Waals surface area contributed by atoms with Gasteiger partial charge in [-0.1, -0.05) is 20.8 Å². The third-order valence-corrected chi connectivity index (χ3v) is 3.57. The Morgan fingerprint density at radius 2 is 2.13 bits per heavy atom. The molecule has 2 nitrogen and oxygen atoms in total. The highest BCUT2D eigenvalue weighted by Gasteiger charge is 2.20. The van der Waals surface area contributed by atoms with E-state index in [9.17, 15) is 0 Å². The summed E-state index contributed by atoms with van der Waals surface area (Å²) in [7, 11) is 0. The fraction of sp³-hybridized carbons (Fsp3) is 0.636. The molecular formula is C11H18ClNOS. The van der Waals surface area contributed by atoms with Gasteiger partial charge in [-0.2, -0.15) is 11.8 Å². The minimum atomic E-state index is 0.161. The molecule has 0 radical (unpaired) electrons. The van der Waals surface area contributed by atoms with Crippen molar-refractivity contribution < 1.29 is 4.42 Å². The molecule has 1 heterocycles. The second kappa shape index (κ2) is 5.28. The van der Waals surface area contributed by atoms with E-state index >= 15 is 0 Å². The molecule has 1 unspecified atom stereocenters. The molecule has 1 aromatic heterocycles. The number of rotatable bonds is 4. The van der Waals surface area contributed by atoms with Crippen LogP contribution in [0.1, 0.15) is 26.5 Å². The molecule has 0 fully saturated rings. The second-order valence-electron chi connectivity index (χ2n) is 4.69. The van der Waals surface area contributed by atoms with E-state index < -0.39 is 0 Å². The normalized spacial score (nSPS) is 14.2. The topological polar surface area (TPSA) is 39.2 Å². The van der Waals surface area contributed by atoms with Gasteiger partial charge in [-0.15, -0.1) is 0 Å². The van der Waals surface area contributed by atoms with Gasteiger partial charge in [0.25, 0.3) is 0 Å². The highest BCUT2D eigenvalue weighted by molar-refractivity contribution is 7.98. The Kier molecular flexibility index (Phi) is 4.56. The van der Waals surface area contributed by atoms with Crippen LogP contribution in [0.3, 0.4) is 0 Å². The first-order valence-corrected chi connectivity index (χ1v) is 6.50. The molecule has 1 rings (SSSR count). The van der Waals surface area contributed by atoms with Gasteiger partial charge in [0.15, 0.2) is 5.22 Å². The van der Waals surface area contributed by atoms with E-state index in [4.69, 9.17) is 21.8 Å². The van der Waals surface area contributed by atoms with Crippen molar-refractivity contribution in [3.8, 4) is 0 Å². The van der Waals surface area contributed by atoms with Crippen LogP contribution in [-0.4, -0.2) is 11.8 Å². The molecule has 0 aliphatic rings. The summed E-state index contributed by atoms with van der Waals surface area (Å²) < 4.78 is 5.25. The van der Waals surface area contributed by atoms with Crippen LogP contribution in [0.15, 0.2) is 16.5 Å². The summed E-state index contributed by atoms with van der Waals surface area (Å²) in [5, 5.41) is 0.450. The lowest BCUT2D eigenvalue weighted by atomic mass is 9.89. The van der Waals surface area contributed by atoms with E-state index in [2.05, 4.69) is 20.8 Å². The Bertz CT molecular complexity index is 306. The van der Waals surface area contributed by atoms with Crippen LogP contribution in [-0.2, 0) is 5.75 Å². The number of thioether (sulfide) groups is 1. The Morgan fingerprint density at radius 1 is 1.47 bits per heavy atom. The molecule has 86 valence electrons. The predicted octanol–water partition coefficient (Wildman–Crippen LogP) is 3.54. The highest BCUT2D eigenvalue weighted by Crippen LogP contribution is 2.23. The molecule has 1 atom stereocenters. The van der Waals surface area contributed by atoms with E-state index in [1.54, 1.807) is 17.8 Å². The van der Waals surface area contributed by atoms with Crippen LogP contribution < -0.4 is 5.73 Å². The third kappa shape index (κ3) is 4.49. The Labute approximate surface area is 101 Å². The SMILES string of the molecule is CC(C)(C)C(N)CSCc1ccc(Cl)o1. The molecule has 0 aromatic carbocycles. The first kappa shape index (κ1) is 12.9. The Morgan fingerprint density at radius 3 is 2.60 bits per heavy atom. The number of hydrogen-bond donors (Lipinski definition) is 1. The third-order valence-electron chi connectivity index (χ3n) is 2.28. The molecule has 0 aliphatic heterocycles. The van der Waals surface area contributed by atoms with Crippen molar-refractivity contribution in [1.82, 2.24) is 0 Å². The maximum Gasteiger partial charge on any atom is 0.193 e. The first-order chi connectivity index (χ1) is 6.89. The maximum atomic E-state index is 6.04. The van der Waals surface area contributed by atoms with Gasteiger partial charge in [0, 0.05) is 11.8 Å². The van der Waals surface area contributed by atoms with Gasteiger partial charge < -0.3 is 10.2 Å². The van der Waals surface area contributed by atoms with Crippen LogP contribution in [0.2, 0.25) is 5.22 Å². The lowest BCUT2D eigenvalue weighted by Gasteiger charge is -2.26. The summed E-state index contributed by atoms with van der Waals surface area (Å²) in [5.74, 6) is 2.67. The zero-order valence-electron chi connectivity index (χ0n) is 9.42. The number of nitrogens with two attached hydrogens (primary N) is 1. The van der Waals surface area contributed by atoms with Crippen molar-refractivity contribution in [3.63, 3.8) is 0 Å². The number of halogens is 1. The Hall–Kier alpha value is -0.120. The second-order valence-corrected chi connectivity index (χ2v) is 6.10. The lowest BCUT2D eigenvalue weighted by molar-refractivity contribution is 0.344. The minimum absolute atomic E-state index is 0.161. The zero-order chi connectivity index (χ0) is 11.5. The van der Waals surface area contributed by atoms with Gasteiger partial charge in [-0.05, 0) is 29.1 Å². The lowest BCUT2D eigenvalue weighted by Crippen LogP contribution is -2.37. The van der Waals surface area contributed by atoms with Gasteiger partial charge in [-0.3, -0.25) is 0 Å². The van der Waals surface area contributed by atoms with E-state index in [-0.39, 0.29) is 11.5 Å². The Balaban J connectivity index is 2.28. The molecule has 0 saturated heterocycles. The molecule has 2 N–H and O–H groups in total. The van der Waals surface area contributed by atoms with Crippen molar-refractivity contribution in [2.24, 2.45) is 11.1 Å². The fourth-order valence-corrected chi connectivity index (χ4v) is 2.36. The van der Waals surface area contributed by atoms with Crippen molar-refractivity contribution in [2.45, 2.75) is 32.6 Å². The van der Waals surface area contributed by atoms with Crippen LogP contribution in [0, 0.1) is 5.41 Å². The van der Waals surface area contributed by atoms with Gasteiger partial charge >= 0.3 is 0 Å². The van der Waals surface area contributed by atoms with E-state index in [1.807, 2.05) is 6.07 Å². The van der Waals surface area contributed by atoms with Gasteiger partial charge in [-0.25, -0.2) is 0 Å². The van der Waals surface area contributed by atoms with Crippen LogP contribution in [0.25, 0.3) is 0 Å². The monoisotopic (exact) mass is 247 g/mol. The van der Waals surface area contributed by atoms with Crippen LogP contribution in [0.4, 0.5) is 0 Å². The summed E-state index contributed by atoms with van der Waals surface area (Å²) in [6.45, 7) is 6.46. The summed E-state index contributed by atoms with van der Waals surface area (Å²) >= 11 is 7.45. The van der Waals surface area contributed by atoms with Gasteiger partial charge in [0.2, 0.25) is 0 Å². The zero-order valence-corrected chi connectivity index (χ0v) is 11.0. The molecule has 0 aliphatic carbocycles. The minimum Gasteiger partial charge on any atom is -0.449 e. The van der Waals surface area contributed by atoms with Crippen molar-refractivity contribution in [2.75, 3.05) is 5.75 Å². The first-order valence-electron chi connectivity index (χ1n) is 4.97. The molecule has 4 heteroatoms. The van der Waals surface area contributed by atoms with Crippen molar-refractivity contribution in [1.29, 1.82) is 0 Å². The van der Waals surface area contributed by atoms with Crippen LogP contribution in [0.5, 0.6) is 0 Å². The average molecular weight is 248 g/mol. The average Bonchev–Trinajstić information content (AvgIpc) is 2.49. The largest absolute Gasteiger partial charge is 0.449 e. The number of furan rings is 1. The van der Waals surface area contributed by atoms with Crippen molar-refractivity contribution in [3.05, 3.63) is 23.1 Å². The van der Waals surface area contributed by atoms with Crippen molar-refractivity contribution >= 4 is 23.4 Å². The molecule has 0 spiro atoms. The van der Waals surface area contributed by atoms with E-state index in [0.29, 0.717) is 5.22 Å². The number of hydrogen-bond acceptors (Lipinski definition) is 3. The molecule has 0 amide bonds. The molecule has 0 saturated carbocycles. The standard InChI is InChI=1S/C11H18ClNOS/c1-11(2,3)9(13)7-15-6-8-4-5-10(12)14-8/h4-5,9H,6-7,13H2,1-3H3. The summed E-state index contributed by atoms with van der Waals surface area (Å²) in [6, 6.07) is 3.87. The van der Waals surface area contributed by atoms with E-state index in [0.717, 1.165) is 17.3 Å². The molecule has 1 aromatic rings. The van der Waals surface area contributed by atoms with Crippen LogP contribution >= 0.6 is 23.4 Å². The predicted molar refractivity (Wildman–Crippen MR) is 67.3 cm³/mol. The van der Waals surface area contributed by atoms with E-state index in [1.165, 1.54) is 0 Å². The smallest absolute Gasteiger partial charge is 0.193 e.